The van der Waals surface area contributed by atoms with E-state index in [0.717, 1.165) is 6.42 Å². The van der Waals surface area contributed by atoms with Crippen LogP contribution in [-0.4, -0.2) is 18.2 Å². The summed E-state index contributed by atoms with van der Waals surface area (Å²) in [6.07, 6.45) is -4.77. The first-order valence-corrected chi connectivity index (χ1v) is 4.61. The van der Waals surface area contributed by atoms with Crippen LogP contribution >= 0.6 is 0 Å². The molecule has 0 aliphatic carbocycles. The van der Waals surface area contributed by atoms with Crippen molar-refractivity contribution in [2.75, 3.05) is 0 Å². The number of rotatable bonds is 5. The Labute approximate surface area is 81.4 Å². The zero-order chi connectivity index (χ0) is 11.2. The van der Waals surface area contributed by atoms with Crippen LogP contribution in [-0.2, 0) is 9.53 Å². The molecule has 0 amide bonds. The first-order valence-electron chi connectivity index (χ1n) is 4.61. The molecule has 0 fully saturated rings. The van der Waals surface area contributed by atoms with Crippen molar-refractivity contribution < 1.29 is 22.7 Å². The summed E-state index contributed by atoms with van der Waals surface area (Å²) in [6.45, 7) is 3.14. The predicted octanol–water partition coefficient (Wildman–Crippen LogP) is 3.06. The normalized spacial score (nSPS) is 13.8. The molecule has 0 radical (unpaired) electrons. The Morgan fingerprint density at radius 2 is 2.00 bits per heavy atom. The van der Waals surface area contributed by atoms with Gasteiger partial charge in [0, 0.05) is 6.42 Å². The molecule has 1 atom stereocenters. The largest absolute Gasteiger partial charge is 0.462 e. The lowest BCUT2D eigenvalue weighted by Crippen LogP contribution is -2.22. The van der Waals surface area contributed by atoms with Crippen LogP contribution in [0, 0.1) is 0 Å². The van der Waals surface area contributed by atoms with Crippen LogP contribution in [0.5, 0.6) is 0 Å². The average Bonchev–Trinajstić information content (AvgIpc) is 1.96. The van der Waals surface area contributed by atoms with E-state index in [1.807, 2.05) is 6.92 Å². The molecule has 0 saturated heterocycles. The first kappa shape index (κ1) is 13.3. The molecule has 5 heteroatoms. The summed E-state index contributed by atoms with van der Waals surface area (Å²) in [5.74, 6) is -0.552. The van der Waals surface area contributed by atoms with Crippen molar-refractivity contribution in [2.45, 2.75) is 51.8 Å². The minimum absolute atomic E-state index is 0.193. The molecule has 0 spiro atoms. The van der Waals surface area contributed by atoms with Crippen LogP contribution in [0.3, 0.4) is 0 Å². The molecule has 84 valence electrons. The topological polar surface area (TPSA) is 26.3 Å². The fourth-order valence-corrected chi connectivity index (χ4v) is 0.972. The van der Waals surface area contributed by atoms with Gasteiger partial charge in [0.2, 0.25) is 0 Å². The van der Waals surface area contributed by atoms with Crippen molar-refractivity contribution in [3.05, 3.63) is 0 Å². The van der Waals surface area contributed by atoms with Gasteiger partial charge in [-0.15, -0.1) is 0 Å². The fourth-order valence-electron chi connectivity index (χ4n) is 0.972. The maximum Gasteiger partial charge on any atom is 0.392 e. The van der Waals surface area contributed by atoms with Gasteiger partial charge in [-0.3, -0.25) is 4.79 Å². The van der Waals surface area contributed by atoms with E-state index in [9.17, 15) is 18.0 Å². The second-order valence-electron chi connectivity index (χ2n) is 3.22. The van der Waals surface area contributed by atoms with Crippen LogP contribution in [0.15, 0.2) is 0 Å². The van der Waals surface area contributed by atoms with Gasteiger partial charge in [-0.2, -0.15) is 13.2 Å². The van der Waals surface area contributed by atoms with E-state index in [1.165, 1.54) is 6.92 Å². The molecular weight excluding hydrogens is 197 g/mol. The van der Waals surface area contributed by atoms with Crippen LogP contribution in [0.2, 0.25) is 0 Å². The fraction of sp³-hybridized carbons (Fsp3) is 0.889. The van der Waals surface area contributed by atoms with Gasteiger partial charge in [-0.05, 0) is 13.3 Å². The third-order valence-corrected chi connectivity index (χ3v) is 1.59. The summed E-state index contributed by atoms with van der Waals surface area (Å²) in [5.41, 5.74) is 0. The van der Waals surface area contributed by atoms with E-state index in [1.54, 1.807) is 0 Å². The van der Waals surface area contributed by atoms with Crippen LogP contribution < -0.4 is 0 Å². The second-order valence-corrected chi connectivity index (χ2v) is 3.22. The summed E-state index contributed by atoms with van der Waals surface area (Å²) >= 11 is 0. The van der Waals surface area contributed by atoms with Crippen LogP contribution in [0.25, 0.3) is 0 Å². The van der Waals surface area contributed by atoms with E-state index >= 15 is 0 Å². The highest BCUT2D eigenvalue weighted by Crippen LogP contribution is 2.22. The third-order valence-electron chi connectivity index (χ3n) is 1.59. The number of ether oxygens (including phenoxy) is 1. The molecular formula is C9H15F3O2. The van der Waals surface area contributed by atoms with Gasteiger partial charge in [0.05, 0.1) is 6.42 Å². The number of unbranched alkanes of at least 4 members (excludes halogenated alkanes) is 1. The maximum absolute atomic E-state index is 11.8. The quantitative estimate of drug-likeness (QED) is 0.654. The van der Waals surface area contributed by atoms with Crippen molar-refractivity contribution in [3.63, 3.8) is 0 Å². The van der Waals surface area contributed by atoms with Gasteiger partial charge in [-0.25, -0.2) is 0 Å². The molecule has 0 heterocycles. The van der Waals surface area contributed by atoms with Crippen molar-refractivity contribution in [3.8, 4) is 0 Å². The van der Waals surface area contributed by atoms with E-state index in [4.69, 9.17) is 0 Å². The van der Waals surface area contributed by atoms with E-state index in [0.29, 0.717) is 6.42 Å². The molecule has 2 nitrogen and oxygen atoms in total. The van der Waals surface area contributed by atoms with Crippen molar-refractivity contribution in [2.24, 2.45) is 0 Å². The molecule has 0 bridgehead atoms. The Balaban J connectivity index is 3.71. The molecule has 0 rings (SSSR count). The number of hydrogen-bond acceptors (Lipinski definition) is 2. The molecule has 0 aliphatic heterocycles. The van der Waals surface area contributed by atoms with Crippen molar-refractivity contribution >= 4 is 5.97 Å². The molecule has 0 aromatic heterocycles. The predicted molar refractivity (Wildman–Crippen MR) is 45.8 cm³/mol. The molecule has 0 aromatic rings. The lowest BCUT2D eigenvalue weighted by Gasteiger charge is -2.14. The third kappa shape index (κ3) is 7.89. The number of halogens is 3. The number of carbonyl (C=O) groups excluding carboxylic acids is 1. The molecule has 0 aromatic carbocycles. The highest BCUT2D eigenvalue weighted by Gasteiger charge is 2.31. The minimum Gasteiger partial charge on any atom is -0.462 e. The number of esters is 1. The summed E-state index contributed by atoms with van der Waals surface area (Å²) in [5, 5.41) is 0. The van der Waals surface area contributed by atoms with Gasteiger partial charge >= 0.3 is 12.1 Å². The Morgan fingerprint density at radius 3 is 2.43 bits per heavy atom. The minimum atomic E-state index is -4.27. The lowest BCUT2D eigenvalue weighted by atomic mass is 10.2. The average molecular weight is 212 g/mol. The van der Waals surface area contributed by atoms with E-state index in [2.05, 4.69) is 4.74 Å². The standard InChI is InChI=1S/C9H15F3O2/c1-3-4-5-8(13)14-7(2)6-9(10,11)12/h7H,3-6H2,1-2H3. The number of hydrogen-bond donors (Lipinski definition) is 0. The second kappa shape index (κ2) is 5.88. The smallest absolute Gasteiger partial charge is 0.392 e. The monoisotopic (exact) mass is 212 g/mol. The molecule has 1 unspecified atom stereocenters. The van der Waals surface area contributed by atoms with Gasteiger partial charge < -0.3 is 4.74 Å². The lowest BCUT2D eigenvalue weighted by molar-refractivity contribution is -0.170. The Bertz CT molecular complexity index is 177. The maximum atomic E-state index is 11.8. The summed E-state index contributed by atoms with van der Waals surface area (Å²) in [4.78, 5) is 10.9. The van der Waals surface area contributed by atoms with Crippen molar-refractivity contribution in [1.29, 1.82) is 0 Å². The SMILES string of the molecule is CCCCC(=O)OC(C)CC(F)(F)F. The van der Waals surface area contributed by atoms with Gasteiger partial charge in [-0.1, -0.05) is 13.3 Å². The number of carbonyl (C=O) groups is 1. The molecule has 0 N–H and O–H groups in total. The highest BCUT2D eigenvalue weighted by molar-refractivity contribution is 5.69. The van der Waals surface area contributed by atoms with Gasteiger partial charge in [0.15, 0.2) is 0 Å². The molecule has 0 aliphatic rings. The number of alkyl halides is 3. The zero-order valence-electron chi connectivity index (χ0n) is 8.36. The molecule has 14 heavy (non-hydrogen) atoms. The highest BCUT2D eigenvalue weighted by atomic mass is 19.4. The summed E-state index contributed by atoms with van der Waals surface area (Å²) in [6, 6.07) is 0. The summed E-state index contributed by atoms with van der Waals surface area (Å²) in [7, 11) is 0. The van der Waals surface area contributed by atoms with E-state index < -0.39 is 24.7 Å². The van der Waals surface area contributed by atoms with Crippen LogP contribution in [0.4, 0.5) is 13.2 Å². The summed E-state index contributed by atoms with van der Waals surface area (Å²) < 4.78 is 40.0. The van der Waals surface area contributed by atoms with Gasteiger partial charge in [0.1, 0.15) is 6.10 Å². The molecule has 0 saturated carbocycles. The van der Waals surface area contributed by atoms with Gasteiger partial charge in [0.25, 0.3) is 0 Å². The van der Waals surface area contributed by atoms with Crippen LogP contribution in [0.1, 0.15) is 39.5 Å². The van der Waals surface area contributed by atoms with E-state index in [-0.39, 0.29) is 6.42 Å². The Kier molecular flexibility index (Phi) is 5.57. The first-order chi connectivity index (χ1) is 6.35. The van der Waals surface area contributed by atoms with Crippen molar-refractivity contribution in [1.82, 2.24) is 0 Å². The Morgan fingerprint density at radius 1 is 1.43 bits per heavy atom. The zero-order valence-corrected chi connectivity index (χ0v) is 8.36. The Hall–Kier alpha value is -0.740.